The monoisotopic (exact) mass is 412 g/mol. The molecule has 0 atom stereocenters. The van der Waals surface area contributed by atoms with Crippen molar-refractivity contribution in [3.8, 4) is 5.75 Å². The minimum Gasteiger partial charge on any atom is -0.475 e. The topological polar surface area (TPSA) is 80.7 Å². The van der Waals surface area contributed by atoms with Gasteiger partial charge in [-0.1, -0.05) is 48.0 Å². The molecule has 9 heteroatoms. The summed E-state index contributed by atoms with van der Waals surface area (Å²) in [5.74, 6) is -2.44. The number of halogens is 3. The minimum atomic E-state index is -5.08. The molecule has 28 heavy (non-hydrogen) atoms. The number of rotatable bonds is 3. The van der Waals surface area contributed by atoms with E-state index in [4.69, 9.17) is 14.1 Å². The highest BCUT2D eigenvalue weighted by molar-refractivity contribution is 7.87. The van der Waals surface area contributed by atoms with Gasteiger partial charge in [-0.25, -0.2) is 4.79 Å². The van der Waals surface area contributed by atoms with Crippen LogP contribution in [-0.4, -0.2) is 25.7 Å². The van der Waals surface area contributed by atoms with Crippen molar-refractivity contribution in [1.82, 2.24) is 0 Å². The summed E-state index contributed by atoms with van der Waals surface area (Å²) in [5.41, 5.74) is 1.000. The van der Waals surface area contributed by atoms with Crippen LogP contribution in [0.25, 0.3) is 10.8 Å². The number of benzene rings is 3. The van der Waals surface area contributed by atoms with Crippen LogP contribution in [0, 0.1) is 6.92 Å². The third-order valence-corrected chi connectivity index (χ3v) is 4.74. The first kappa shape index (κ1) is 21.2. The SMILES string of the molecule is Cc1ccc(S(=O)(=O)Oc2ccc3ccccc3c2)cc1.O=C(O)C(F)(F)F. The standard InChI is InChI=1S/C17H14O3S.C2HF3O2/c1-13-6-10-17(11-7-13)21(18,19)20-16-9-8-14-4-2-3-5-15(14)12-16;3-2(4,5)1(6)7/h2-12H,1H3;(H,6,7). The first-order chi connectivity index (χ1) is 13.0. The maximum absolute atomic E-state index is 12.2. The molecule has 0 aromatic heterocycles. The molecule has 0 aliphatic rings. The summed E-state index contributed by atoms with van der Waals surface area (Å²) in [5, 5.41) is 9.10. The fourth-order valence-electron chi connectivity index (χ4n) is 2.10. The van der Waals surface area contributed by atoms with Crippen molar-refractivity contribution in [1.29, 1.82) is 0 Å². The molecule has 0 amide bonds. The van der Waals surface area contributed by atoms with Crippen LogP contribution >= 0.6 is 0 Å². The van der Waals surface area contributed by atoms with Gasteiger partial charge in [-0.15, -0.1) is 0 Å². The smallest absolute Gasteiger partial charge is 0.475 e. The van der Waals surface area contributed by atoms with E-state index in [1.165, 1.54) is 0 Å². The van der Waals surface area contributed by atoms with Gasteiger partial charge in [-0.2, -0.15) is 21.6 Å². The van der Waals surface area contributed by atoms with Crippen LogP contribution in [0.4, 0.5) is 13.2 Å². The maximum Gasteiger partial charge on any atom is 0.490 e. The summed E-state index contributed by atoms with van der Waals surface area (Å²) in [6, 6.07) is 19.5. The van der Waals surface area contributed by atoms with Crippen LogP contribution in [0.2, 0.25) is 0 Å². The molecule has 0 aliphatic heterocycles. The van der Waals surface area contributed by atoms with Gasteiger partial charge in [0.15, 0.2) is 0 Å². The van der Waals surface area contributed by atoms with E-state index in [2.05, 4.69) is 0 Å². The number of alkyl halides is 3. The number of aryl methyl sites for hydroxylation is 1. The number of hydrogen-bond acceptors (Lipinski definition) is 4. The van der Waals surface area contributed by atoms with E-state index in [1.807, 2.05) is 37.3 Å². The van der Waals surface area contributed by atoms with Crippen LogP contribution < -0.4 is 4.18 Å². The van der Waals surface area contributed by atoms with E-state index in [0.717, 1.165) is 16.3 Å². The lowest BCUT2D eigenvalue weighted by Gasteiger charge is -2.08. The van der Waals surface area contributed by atoms with E-state index < -0.39 is 22.3 Å². The molecule has 3 aromatic rings. The maximum atomic E-state index is 12.2. The average Bonchev–Trinajstić information content (AvgIpc) is 2.61. The predicted octanol–water partition coefficient (Wildman–Crippen LogP) is 4.55. The van der Waals surface area contributed by atoms with Crippen molar-refractivity contribution >= 4 is 26.9 Å². The van der Waals surface area contributed by atoms with E-state index in [1.54, 1.807) is 36.4 Å². The van der Waals surface area contributed by atoms with Crippen molar-refractivity contribution in [2.45, 2.75) is 18.0 Å². The lowest BCUT2D eigenvalue weighted by atomic mass is 10.1. The molecule has 3 aromatic carbocycles. The number of carboxylic acids is 1. The molecule has 0 aliphatic carbocycles. The highest BCUT2D eigenvalue weighted by Crippen LogP contribution is 2.24. The number of carbonyl (C=O) groups is 1. The van der Waals surface area contributed by atoms with Crippen LogP contribution in [0.3, 0.4) is 0 Å². The Labute approximate surface area is 159 Å². The van der Waals surface area contributed by atoms with Gasteiger partial charge in [0.2, 0.25) is 0 Å². The van der Waals surface area contributed by atoms with Gasteiger partial charge in [0.05, 0.1) is 0 Å². The molecule has 0 spiro atoms. The Morgan fingerprint density at radius 3 is 2.00 bits per heavy atom. The van der Waals surface area contributed by atoms with Crippen LogP contribution in [0.1, 0.15) is 5.56 Å². The summed E-state index contributed by atoms with van der Waals surface area (Å²) < 4.78 is 61.4. The number of fused-ring (bicyclic) bond motifs is 1. The summed E-state index contributed by atoms with van der Waals surface area (Å²) in [4.78, 5) is 9.05. The van der Waals surface area contributed by atoms with Gasteiger partial charge in [0.25, 0.3) is 0 Å². The molecule has 3 rings (SSSR count). The van der Waals surface area contributed by atoms with E-state index in [9.17, 15) is 21.6 Å². The van der Waals surface area contributed by atoms with Crippen molar-refractivity contribution in [2.24, 2.45) is 0 Å². The molecule has 0 unspecified atom stereocenters. The number of aliphatic carboxylic acids is 1. The zero-order chi connectivity index (χ0) is 20.9. The second kappa shape index (κ2) is 8.30. The van der Waals surface area contributed by atoms with Crippen molar-refractivity contribution in [2.75, 3.05) is 0 Å². The largest absolute Gasteiger partial charge is 0.490 e. The highest BCUT2D eigenvalue weighted by Gasteiger charge is 2.38. The summed E-state index contributed by atoms with van der Waals surface area (Å²) in [6.07, 6.45) is -5.08. The second-order valence-corrected chi connectivity index (χ2v) is 7.21. The van der Waals surface area contributed by atoms with Crippen LogP contribution in [-0.2, 0) is 14.9 Å². The van der Waals surface area contributed by atoms with E-state index in [-0.39, 0.29) is 4.90 Å². The normalized spacial score (nSPS) is 11.4. The third-order valence-electron chi connectivity index (χ3n) is 3.48. The second-order valence-electron chi connectivity index (χ2n) is 5.66. The third kappa shape index (κ3) is 5.71. The van der Waals surface area contributed by atoms with Crippen LogP contribution in [0.15, 0.2) is 71.6 Å². The molecule has 0 bridgehead atoms. The van der Waals surface area contributed by atoms with Gasteiger partial charge in [-0.3, -0.25) is 0 Å². The zero-order valence-corrected chi connectivity index (χ0v) is 15.3. The lowest BCUT2D eigenvalue weighted by molar-refractivity contribution is -0.192. The molecule has 0 fully saturated rings. The first-order valence-corrected chi connectivity index (χ1v) is 9.20. The Hall–Kier alpha value is -3.07. The van der Waals surface area contributed by atoms with E-state index >= 15 is 0 Å². The Morgan fingerprint density at radius 1 is 0.929 bits per heavy atom. The van der Waals surface area contributed by atoms with Gasteiger partial charge in [0.1, 0.15) is 10.6 Å². The summed E-state index contributed by atoms with van der Waals surface area (Å²) in [6.45, 7) is 1.90. The van der Waals surface area contributed by atoms with Crippen LogP contribution in [0.5, 0.6) is 5.75 Å². The Balaban J connectivity index is 0.000000345. The van der Waals surface area contributed by atoms with E-state index in [0.29, 0.717) is 5.75 Å². The Bertz CT molecular complexity index is 1070. The molecule has 0 saturated carbocycles. The Morgan fingerprint density at radius 2 is 1.46 bits per heavy atom. The van der Waals surface area contributed by atoms with Crippen molar-refractivity contribution in [3.63, 3.8) is 0 Å². The van der Waals surface area contributed by atoms with Gasteiger partial charge >= 0.3 is 22.3 Å². The number of carboxylic acid groups (broad SMARTS) is 1. The molecular weight excluding hydrogens is 397 g/mol. The van der Waals surface area contributed by atoms with Gasteiger partial charge in [-0.05, 0) is 42.0 Å². The zero-order valence-electron chi connectivity index (χ0n) is 14.5. The fraction of sp³-hybridized carbons (Fsp3) is 0.105. The van der Waals surface area contributed by atoms with Crippen molar-refractivity contribution < 1.29 is 35.7 Å². The molecule has 5 nitrogen and oxygen atoms in total. The molecule has 0 saturated heterocycles. The molecule has 0 heterocycles. The Kier molecular flexibility index (Phi) is 6.30. The molecular formula is C19H15F3O5S. The highest BCUT2D eigenvalue weighted by atomic mass is 32.2. The minimum absolute atomic E-state index is 0.154. The summed E-state index contributed by atoms with van der Waals surface area (Å²) >= 11 is 0. The predicted molar refractivity (Wildman–Crippen MR) is 96.6 cm³/mol. The number of hydrogen-bond donors (Lipinski definition) is 1. The molecule has 0 radical (unpaired) electrons. The quantitative estimate of drug-likeness (QED) is 0.639. The fourth-order valence-corrected chi connectivity index (χ4v) is 3.02. The molecule has 148 valence electrons. The molecule has 1 N–H and O–H groups in total. The average molecular weight is 412 g/mol. The van der Waals surface area contributed by atoms with Gasteiger partial charge < -0.3 is 9.29 Å². The first-order valence-electron chi connectivity index (χ1n) is 7.79. The van der Waals surface area contributed by atoms with Gasteiger partial charge in [0, 0.05) is 0 Å². The van der Waals surface area contributed by atoms with Crippen molar-refractivity contribution in [3.05, 3.63) is 72.3 Å². The summed E-state index contributed by atoms with van der Waals surface area (Å²) in [7, 11) is -3.80. The lowest BCUT2D eigenvalue weighted by Crippen LogP contribution is -2.21.